The van der Waals surface area contributed by atoms with Crippen LogP contribution in [0, 0.1) is 0 Å². The molecule has 2 aliphatic heterocycles. The van der Waals surface area contributed by atoms with E-state index in [2.05, 4.69) is 129 Å². The van der Waals surface area contributed by atoms with Gasteiger partial charge in [0.05, 0.1) is 26.4 Å². The Labute approximate surface area is 425 Å². The average Bonchev–Trinajstić information content (AvgIpc) is 3.37. The summed E-state index contributed by atoms with van der Waals surface area (Å²) in [6.45, 7) is 3.28. The van der Waals surface area contributed by atoms with Gasteiger partial charge in [0.15, 0.2) is 12.6 Å². The first-order valence-corrected chi connectivity index (χ1v) is 26.1. The van der Waals surface area contributed by atoms with Gasteiger partial charge in [-0.2, -0.15) is 0 Å². The molecule has 0 saturated carbocycles. The third-order valence-electron chi connectivity index (χ3n) is 11.5. The molecule has 2 fully saturated rings. The molecule has 0 amide bonds. The monoisotopic (exact) mass is 999 g/mol. The molecule has 0 aliphatic carbocycles. The highest BCUT2D eigenvalue weighted by molar-refractivity contribution is 5.69. The second-order valence-electron chi connectivity index (χ2n) is 17.6. The first-order chi connectivity index (χ1) is 34.6. The fourth-order valence-electron chi connectivity index (χ4n) is 7.29. The second-order valence-corrected chi connectivity index (χ2v) is 17.6. The van der Waals surface area contributed by atoms with Gasteiger partial charge in [-0.05, 0) is 96.3 Å². The molecule has 0 aromatic heterocycles. The Morgan fingerprint density at radius 3 is 1.35 bits per heavy atom. The molecule has 0 aromatic rings. The lowest BCUT2D eigenvalue weighted by Crippen LogP contribution is -2.61. The van der Waals surface area contributed by atoms with E-state index in [1.54, 1.807) is 0 Å². The van der Waals surface area contributed by atoms with E-state index >= 15 is 0 Å². The lowest BCUT2D eigenvalue weighted by atomic mass is 9.98. The molecule has 71 heavy (non-hydrogen) atoms. The van der Waals surface area contributed by atoms with Crippen molar-refractivity contribution in [2.45, 2.75) is 197 Å². The fraction of sp³-hybridized carbons (Fsp3) is 0.632. The first kappa shape index (κ1) is 63.5. The summed E-state index contributed by atoms with van der Waals surface area (Å²) in [4.78, 5) is 13.0. The molecular weight excluding hydrogens is 909 g/mol. The third kappa shape index (κ3) is 30.3. The van der Waals surface area contributed by atoms with Gasteiger partial charge in [-0.1, -0.05) is 148 Å². The third-order valence-corrected chi connectivity index (χ3v) is 11.5. The van der Waals surface area contributed by atoms with Gasteiger partial charge >= 0.3 is 5.97 Å². The number of unbranched alkanes of at least 4 members (excludes halogenated alkanes) is 5. The Morgan fingerprint density at radius 2 is 0.873 bits per heavy atom. The molecular formula is C57H90O14. The number of ether oxygens (including phenoxy) is 6. The molecule has 0 radical (unpaired) electrons. The molecule has 11 unspecified atom stereocenters. The Balaban J connectivity index is 1.80. The van der Waals surface area contributed by atoms with Gasteiger partial charge < -0.3 is 64.2 Å². The predicted molar refractivity (Wildman–Crippen MR) is 279 cm³/mol. The molecule has 0 spiro atoms. The van der Waals surface area contributed by atoms with Crippen molar-refractivity contribution in [1.29, 1.82) is 0 Å². The summed E-state index contributed by atoms with van der Waals surface area (Å²) >= 11 is 0. The van der Waals surface area contributed by atoms with Crippen LogP contribution in [0.1, 0.15) is 129 Å². The molecule has 14 heteroatoms. The highest BCUT2D eigenvalue weighted by Gasteiger charge is 2.47. The molecule has 14 nitrogen and oxygen atoms in total. The van der Waals surface area contributed by atoms with Crippen LogP contribution in [0.5, 0.6) is 0 Å². The molecule has 0 aromatic carbocycles. The molecule has 402 valence electrons. The summed E-state index contributed by atoms with van der Waals surface area (Å²) in [5.41, 5.74) is 0. The van der Waals surface area contributed by atoms with Crippen molar-refractivity contribution in [3.63, 3.8) is 0 Å². The Bertz CT molecular complexity index is 1630. The number of carbonyl (C=O) groups excluding carboxylic acids is 1. The van der Waals surface area contributed by atoms with Crippen molar-refractivity contribution in [1.82, 2.24) is 0 Å². The minimum atomic E-state index is -1.73. The molecule has 11 atom stereocenters. The van der Waals surface area contributed by atoms with Crippen LogP contribution in [0.15, 0.2) is 122 Å². The summed E-state index contributed by atoms with van der Waals surface area (Å²) < 4.78 is 34.2. The maximum atomic E-state index is 13.0. The zero-order chi connectivity index (χ0) is 51.6. The van der Waals surface area contributed by atoms with Gasteiger partial charge in [0.1, 0.15) is 54.9 Å². The van der Waals surface area contributed by atoms with E-state index in [-0.39, 0.29) is 19.6 Å². The van der Waals surface area contributed by atoms with Crippen molar-refractivity contribution >= 4 is 5.97 Å². The SMILES string of the molecule is CC/C=C\C/C=C\C/C=C\C/C=C\C/C=C\C/C=C\C/C=C\CCCC(=O)OC(COCCCCCC/C=C\C/C=C\C/C=C\CC)COC1OC(COC2OC(CO)C(O)C(O)C2O)C(O)C(O)C1O. The summed E-state index contributed by atoms with van der Waals surface area (Å²) in [6, 6.07) is 0. The number of esters is 1. The van der Waals surface area contributed by atoms with Gasteiger partial charge in [0, 0.05) is 13.0 Å². The highest BCUT2D eigenvalue weighted by atomic mass is 16.7. The van der Waals surface area contributed by atoms with Gasteiger partial charge in [-0.3, -0.25) is 4.79 Å². The van der Waals surface area contributed by atoms with Crippen LogP contribution in [-0.4, -0.2) is 142 Å². The Hall–Kier alpha value is -3.61. The second kappa shape index (κ2) is 42.9. The van der Waals surface area contributed by atoms with E-state index in [0.717, 1.165) is 96.3 Å². The van der Waals surface area contributed by atoms with Crippen LogP contribution in [0.2, 0.25) is 0 Å². The summed E-state index contributed by atoms with van der Waals surface area (Å²) in [6.07, 6.45) is 42.7. The minimum absolute atomic E-state index is 0.0136. The highest BCUT2D eigenvalue weighted by Crippen LogP contribution is 2.26. The zero-order valence-electron chi connectivity index (χ0n) is 42.6. The number of hydrogen-bond donors (Lipinski definition) is 7. The van der Waals surface area contributed by atoms with E-state index in [0.29, 0.717) is 19.4 Å². The molecule has 2 aliphatic rings. The zero-order valence-corrected chi connectivity index (χ0v) is 42.6. The predicted octanol–water partition coefficient (Wildman–Crippen LogP) is 8.18. The summed E-state index contributed by atoms with van der Waals surface area (Å²) in [7, 11) is 0. The lowest BCUT2D eigenvalue weighted by molar-refractivity contribution is -0.332. The molecule has 2 saturated heterocycles. The van der Waals surface area contributed by atoms with E-state index in [1.807, 2.05) is 6.08 Å². The molecule has 7 N–H and O–H groups in total. The van der Waals surface area contributed by atoms with Crippen LogP contribution in [0.4, 0.5) is 0 Å². The number of aliphatic hydroxyl groups excluding tert-OH is 7. The number of aliphatic hydroxyl groups is 7. The first-order valence-electron chi connectivity index (χ1n) is 26.1. The van der Waals surface area contributed by atoms with Gasteiger partial charge in [0.2, 0.25) is 0 Å². The van der Waals surface area contributed by atoms with Crippen LogP contribution in [0.3, 0.4) is 0 Å². The van der Waals surface area contributed by atoms with Crippen molar-refractivity contribution in [2.24, 2.45) is 0 Å². The van der Waals surface area contributed by atoms with Crippen molar-refractivity contribution in [3.8, 4) is 0 Å². The Morgan fingerprint density at radius 1 is 0.465 bits per heavy atom. The summed E-state index contributed by atoms with van der Waals surface area (Å²) in [5, 5.41) is 72.1. The summed E-state index contributed by atoms with van der Waals surface area (Å²) in [5.74, 6) is -0.448. The quantitative estimate of drug-likeness (QED) is 0.0176. The molecule has 2 rings (SSSR count). The van der Waals surface area contributed by atoms with Gasteiger partial charge in [-0.15, -0.1) is 0 Å². The van der Waals surface area contributed by atoms with Gasteiger partial charge in [0.25, 0.3) is 0 Å². The minimum Gasteiger partial charge on any atom is -0.457 e. The van der Waals surface area contributed by atoms with E-state index in [9.17, 15) is 40.5 Å². The lowest BCUT2D eigenvalue weighted by Gasteiger charge is -2.42. The normalized spacial score (nSPS) is 26.3. The maximum Gasteiger partial charge on any atom is 0.306 e. The van der Waals surface area contributed by atoms with Crippen molar-refractivity contribution in [3.05, 3.63) is 122 Å². The smallest absolute Gasteiger partial charge is 0.306 e. The molecule has 0 bridgehead atoms. The van der Waals surface area contributed by atoms with Gasteiger partial charge in [-0.25, -0.2) is 0 Å². The number of hydrogen-bond acceptors (Lipinski definition) is 14. The average molecular weight is 999 g/mol. The van der Waals surface area contributed by atoms with Crippen LogP contribution < -0.4 is 0 Å². The largest absolute Gasteiger partial charge is 0.457 e. The number of allylic oxidation sites excluding steroid dienone is 20. The van der Waals surface area contributed by atoms with Crippen molar-refractivity contribution < 1.29 is 69.0 Å². The van der Waals surface area contributed by atoms with E-state index < -0.39 is 86.7 Å². The fourth-order valence-corrected chi connectivity index (χ4v) is 7.29. The van der Waals surface area contributed by atoms with Crippen LogP contribution >= 0.6 is 0 Å². The maximum absolute atomic E-state index is 13.0. The van der Waals surface area contributed by atoms with Crippen molar-refractivity contribution in [2.75, 3.05) is 33.0 Å². The van der Waals surface area contributed by atoms with Crippen LogP contribution in [0.25, 0.3) is 0 Å². The Kier molecular flexibility index (Phi) is 38.3. The molecule has 2 heterocycles. The number of carbonyl (C=O) groups is 1. The number of rotatable bonds is 39. The van der Waals surface area contributed by atoms with E-state index in [4.69, 9.17) is 28.4 Å². The topological polar surface area (TPSA) is 214 Å². The van der Waals surface area contributed by atoms with E-state index in [1.165, 1.54) is 0 Å². The van der Waals surface area contributed by atoms with Crippen LogP contribution in [-0.2, 0) is 33.2 Å². The standard InChI is InChI=1S/C57H90O14/c1-3-5-7-9-11-13-15-17-19-20-21-22-23-24-25-26-27-28-30-32-34-36-38-40-49(59)69-46(43-66-41-39-37-35-33-31-29-18-16-14-12-10-8-6-4-2)44-67-56-55(65)53(63)51(61)48(71-56)45-68-57-54(64)52(62)50(60)47(42-58)70-57/h5-8,11-14,17-19,21-22,24-25,27-29,32,34,46-48,50-58,60-65H,3-4,9-10,15-16,20,23,26,30-31,33,35-45H2,1-2H3/b7-5-,8-6-,13-11-,14-12-,19-17-,22-21-,25-24-,28-27-,29-18-,34-32-.